The van der Waals surface area contributed by atoms with E-state index in [9.17, 15) is 4.79 Å². The molecule has 1 saturated heterocycles. The number of carbonyl (C=O) groups excluding carboxylic acids is 1. The van der Waals surface area contributed by atoms with Gasteiger partial charge in [-0.05, 0) is 56.6 Å². The van der Waals surface area contributed by atoms with Crippen LogP contribution in [0, 0.1) is 0 Å². The van der Waals surface area contributed by atoms with Crippen LogP contribution in [0.1, 0.15) is 51.1 Å². The Morgan fingerprint density at radius 2 is 2.15 bits per heavy atom. The molecule has 1 aromatic rings. The van der Waals surface area contributed by atoms with Gasteiger partial charge in [-0.25, -0.2) is 0 Å². The summed E-state index contributed by atoms with van der Waals surface area (Å²) in [5.74, 6) is 0.0765. The van der Waals surface area contributed by atoms with Crippen LogP contribution in [0.25, 0.3) is 0 Å². The lowest BCUT2D eigenvalue weighted by molar-refractivity contribution is -0.119. The summed E-state index contributed by atoms with van der Waals surface area (Å²) in [6.07, 6.45) is 2.03. The number of hydrogen-bond donors (Lipinski definition) is 0. The molecule has 0 radical (unpaired) electrons. The lowest BCUT2D eigenvalue weighted by Gasteiger charge is -2.41. The first-order valence-corrected chi connectivity index (χ1v) is 7.83. The molecular formula is C15H23BrN2O2. The van der Waals surface area contributed by atoms with Gasteiger partial charge in [0.2, 0.25) is 0 Å². The number of ether oxygens (including phenoxy) is 1. The van der Waals surface area contributed by atoms with Crippen molar-refractivity contribution in [1.82, 2.24) is 9.47 Å². The number of amides is 1. The van der Waals surface area contributed by atoms with E-state index in [1.54, 1.807) is 0 Å². The molecule has 2 heterocycles. The number of rotatable bonds is 2. The van der Waals surface area contributed by atoms with Gasteiger partial charge in [-0.2, -0.15) is 0 Å². The lowest BCUT2D eigenvalue weighted by Crippen LogP contribution is -2.54. The summed E-state index contributed by atoms with van der Waals surface area (Å²) in [6, 6.07) is 2.15. The second-order valence-corrected chi connectivity index (χ2v) is 7.33. The monoisotopic (exact) mass is 342 g/mol. The summed E-state index contributed by atoms with van der Waals surface area (Å²) >= 11 is 3.46. The van der Waals surface area contributed by atoms with E-state index >= 15 is 0 Å². The molecule has 1 atom stereocenters. The van der Waals surface area contributed by atoms with Crippen molar-refractivity contribution in [3.8, 4) is 0 Å². The van der Waals surface area contributed by atoms with Gasteiger partial charge in [0.05, 0.1) is 11.7 Å². The molecule has 0 bridgehead atoms. The zero-order valence-electron chi connectivity index (χ0n) is 12.8. The molecule has 1 aliphatic rings. The predicted octanol–water partition coefficient (Wildman–Crippen LogP) is 3.47. The van der Waals surface area contributed by atoms with Crippen LogP contribution in [0.4, 0.5) is 0 Å². The molecule has 1 aromatic heterocycles. The van der Waals surface area contributed by atoms with Crippen molar-refractivity contribution in [3.63, 3.8) is 0 Å². The maximum atomic E-state index is 12.8. The zero-order valence-corrected chi connectivity index (χ0v) is 14.4. The number of aromatic nitrogens is 1. The van der Waals surface area contributed by atoms with Gasteiger partial charge in [-0.15, -0.1) is 0 Å². The van der Waals surface area contributed by atoms with Gasteiger partial charge in [0, 0.05) is 29.8 Å². The van der Waals surface area contributed by atoms with Crippen LogP contribution >= 0.6 is 15.9 Å². The van der Waals surface area contributed by atoms with Gasteiger partial charge in [0.25, 0.3) is 5.91 Å². The maximum absolute atomic E-state index is 12.8. The van der Waals surface area contributed by atoms with Crippen LogP contribution < -0.4 is 0 Å². The highest BCUT2D eigenvalue weighted by molar-refractivity contribution is 9.10. The van der Waals surface area contributed by atoms with Gasteiger partial charge in [-0.3, -0.25) is 4.79 Å². The van der Waals surface area contributed by atoms with Crippen molar-refractivity contribution < 1.29 is 9.53 Å². The first kappa shape index (κ1) is 15.6. The minimum atomic E-state index is -0.292. The predicted molar refractivity (Wildman–Crippen MR) is 83.0 cm³/mol. The zero-order chi connectivity index (χ0) is 15.1. The SMILES string of the molecule is CC1CN(C(=O)c2cc(Br)cn2C(C)C)CC(C)(C)O1. The smallest absolute Gasteiger partial charge is 0.270 e. The molecule has 1 amide bonds. The first-order chi connectivity index (χ1) is 9.19. The highest BCUT2D eigenvalue weighted by atomic mass is 79.9. The van der Waals surface area contributed by atoms with E-state index in [2.05, 4.69) is 29.8 Å². The second-order valence-electron chi connectivity index (χ2n) is 6.42. The van der Waals surface area contributed by atoms with E-state index in [1.807, 2.05) is 42.5 Å². The van der Waals surface area contributed by atoms with Crippen molar-refractivity contribution in [2.75, 3.05) is 13.1 Å². The van der Waals surface area contributed by atoms with Crippen molar-refractivity contribution in [2.45, 2.75) is 52.4 Å². The fraction of sp³-hybridized carbons (Fsp3) is 0.667. The van der Waals surface area contributed by atoms with Crippen molar-refractivity contribution in [3.05, 3.63) is 22.4 Å². The molecule has 1 fully saturated rings. The number of morpholine rings is 1. The van der Waals surface area contributed by atoms with Gasteiger partial charge in [-0.1, -0.05) is 0 Å². The molecule has 1 unspecified atom stereocenters. The second kappa shape index (κ2) is 5.53. The van der Waals surface area contributed by atoms with Crippen molar-refractivity contribution in [1.29, 1.82) is 0 Å². The van der Waals surface area contributed by atoms with Crippen LogP contribution in [0.15, 0.2) is 16.7 Å². The van der Waals surface area contributed by atoms with Gasteiger partial charge in [0.1, 0.15) is 5.69 Å². The van der Waals surface area contributed by atoms with Crippen LogP contribution in [-0.4, -0.2) is 40.2 Å². The Kier molecular flexibility index (Phi) is 4.30. The average Bonchev–Trinajstić information content (AvgIpc) is 2.67. The molecule has 0 N–H and O–H groups in total. The summed E-state index contributed by atoms with van der Waals surface area (Å²) in [4.78, 5) is 14.7. The first-order valence-electron chi connectivity index (χ1n) is 7.04. The van der Waals surface area contributed by atoms with Crippen LogP contribution in [0.5, 0.6) is 0 Å². The average molecular weight is 343 g/mol. The lowest BCUT2D eigenvalue weighted by atomic mass is 10.1. The summed E-state index contributed by atoms with van der Waals surface area (Å²) in [6.45, 7) is 11.5. The maximum Gasteiger partial charge on any atom is 0.270 e. The molecule has 1 aliphatic heterocycles. The molecular weight excluding hydrogens is 320 g/mol. The van der Waals surface area contributed by atoms with E-state index in [1.165, 1.54) is 0 Å². The number of nitrogens with zero attached hydrogens (tertiary/aromatic N) is 2. The van der Waals surface area contributed by atoms with Crippen molar-refractivity contribution >= 4 is 21.8 Å². The quantitative estimate of drug-likeness (QED) is 0.824. The Bertz CT molecular complexity index is 508. The summed E-state index contributed by atoms with van der Waals surface area (Å²) in [7, 11) is 0. The number of carbonyl (C=O) groups is 1. The fourth-order valence-electron chi connectivity index (χ4n) is 2.81. The fourth-order valence-corrected chi connectivity index (χ4v) is 3.25. The van der Waals surface area contributed by atoms with Crippen LogP contribution in [0.3, 0.4) is 0 Å². The standard InChI is InChI=1S/C15H23BrN2O2/c1-10(2)18-8-12(16)6-13(18)14(19)17-7-11(3)20-15(4,5)9-17/h6,8,10-11H,7,9H2,1-5H3. The molecule has 4 nitrogen and oxygen atoms in total. The topological polar surface area (TPSA) is 34.5 Å². The molecule has 112 valence electrons. The summed E-state index contributed by atoms with van der Waals surface area (Å²) < 4.78 is 8.82. The van der Waals surface area contributed by atoms with Gasteiger partial charge < -0.3 is 14.2 Å². The highest BCUT2D eigenvalue weighted by Crippen LogP contribution is 2.25. The molecule has 20 heavy (non-hydrogen) atoms. The van der Waals surface area contributed by atoms with Gasteiger partial charge in [0.15, 0.2) is 0 Å². The molecule has 0 aromatic carbocycles. The third kappa shape index (κ3) is 3.26. The Morgan fingerprint density at radius 1 is 1.50 bits per heavy atom. The van der Waals surface area contributed by atoms with E-state index in [-0.39, 0.29) is 23.7 Å². The third-order valence-electron chi connectivity index (χ3n) is 3.45. The largest absolute Gasteiger partial charge is 0.369 e. The van der Waals surface area contributed by atoms with Crippen molar-refractivity contribution in [2.24, 2.45) is 0 Å². The highest BCUT2D eigenvalue weighted by Gasteiger charge is 2.35. The van der Waals surface area contributed by atoms with E-state index in [4.69, 9.17) is 4.74 Å². The molecule has 2 rings (SSSR count). The minimum absolute atomic E-state index is 0.0635. The normalized spacial score (nSPS) is 22.4. The Labute approximate surface area is 129 Å². The van der Waals surface area contributed by atoms with E-state index in [0.29, 0.717) is 13.1 Å². The minimum Gasteiger partial charge on any atom is -0.369 e. The Balaban J connectivity index is 2.27. The Morgan fingerprint density at radius 3 is 2.70 bits per heavy atom. The summed E-state index contributed by atoms with van der Waals surface area (Å²) in [5.41, 5.74) is 0.441. The Hall–Kier alpha value is -0.810. The molecule has 0 saturated carbocycles. The molecule has 0 aliphatic carbocycles. The van der Waals surface area contributed by atoms with E-state index < -0.39 is 0 Å². The molecule has 0 spiro atoms. The van der Waals surface area contributed by atoms with E-state index in [0.717, 1.165) is 10.2 Å². The number of hydrogen-bond acceptors (Lipinski definition) is 2. The van der Waals surface area contributed by atoms with Crippen LogP contribution in [0.2, 0.25) is 0 Å². The third-order valence-corrected chi connectivity index (χ3v) is 3.88. The summed E-state index contributed by atoms with van der Waals surface area (Å²) in [5, 5.41) is 0. The van der Waals surface area contributed by atoms with Gasteiger partial charge >= 0.3 is 0 Å². The number of halogens is 1. The molecule has 5 heteroatoms. The van der Waals surface area contributed by atoms with Crippen LogP contribution in [-0.2, 0) is 4.74 Å².